The molecule has 218 valence electrons. The standard InChI is InChI=1S/C44H32N2/c1-45-33-25-21-31(22-26-33)41-37-19-11-12-20-38(37)42(32-23-27-34(46-2)28-24-32)44-40(30-15-7-4-8-16-30)36-18-10-9-17-35(36)39(43(41)44)29-13-5-3-6-14-29/h3-28,41-42H,1-2H2. The Hall–Kier alpha value is -5.86. The molecule has 0 aliphatic heterocycles. The lowest BCUT2D eigenvalue weighted by molar-refractivity contribution is 0.828. The Labute approximate surface area is 270 Å². The quantitative estimate of drug-likeness (QED) is 0.173. The maximum atomic E-state index is 4.21. The molecule has 8 rings (SSSR count). The normalized spacial score (nSPS) is 15.1. The fraction of sp³-hybridized carbons (Fsp3) is 0.0455. The first-order valence-corrected chi connectivity index (χ1v) is 15.7. The zero-order chi connectivity index (χ0) is 31.0. The van der Waals surface area contributed by atoms with Crippen molar-refractivity contribution >= 4 is 35.6 Å². The molecule has 0 saturated heterocycles. The molecule has 0 aromatic heterocycles. The third-order valence-corrected chi connectivity index (χ3v) is 9.43. The van der Waals surface area contributed by atoms with Crippen molar-refractivity contribution in [3.05, 3.63) is 191 Å². The summed E-state index contributed by atoms with van der Waals surface area (Å²) in [5.41, 5.74) is 14.5. The highest BCUT2D eigenvalue weighted by atomic mass is 14.7. The molecule has 0 amide bonds. The van der Waals surface area contributed by atoms with Crippen molar-refractivity contribution in [2.75, 3.05) is 0 Å². The van der Waals surface area contributed by atoms with Crippen LogP contribution in [0.4, 0.5) is 11.4 Å². The highest BCUT2D eigenvalue weighted by molar-refractivity contribution is 6.09. The Morgan fingerprint density at radius 3 is 1.09 bits per heavy atom. The topological polar surface area (TPSA) is 24.7 Å². The summed E-state index contributed by atoms with van der Waals surface area (Å²) in [5, 5.41) is 2.51. The van der Waals surface area contributed by atoms with Crippen LogP contribution in [0.5, 0.6) is 0 Å². The van der Waals surface area contributed by atoms with Gasteiger partial charge in [-0.15, -0.1) is 0 Å². The van der Waals surface area contributed by atoms with E-state index >= 15 is 0 Å². The van der Waals surface area contributed by atoms with Gasteiger partial charge in [0.05, 0.1) is 11.4 Å². The first-order valence-electron chi connectivity index (χ1n) is 15.7. The van der Waals surface area contributed by atoms with Gasteiger partial charge < -0.3 is 0 Å². The van der Waals surface area contributed by atoms with Crippen LogP contribution in [0.25, 0.3) is 33.0 Å². The van der Waals surface area contributed by atoms with E-state index in [1.165, 1.54) is 66.4 Å². The summed E-state index contributed by atoms with van der Waals surface area (Å²) in [6.45, 7) is 7.55. The Kier molecular flexibility index (Phi) is 6.96. The molecule has 46 heavy (non-hydrogen) atoms. The van der Waals surface area contributed by atoms with Gasteiger partial charge in [0, 0.05) is 11.8 Å². The van der Waals surface area contributed by atoms with Gasteiger partial charge in [0.15, 0.2) is 0 Å². The molecule has 7 aromatic carbocycles. The maximum absolute atomic E-state index is 4.21. The van der Waals surface area contributed by atoms with E-state index in [4.69, 9.17) is 0 Å². The molecule has 0 radical (unpaired) electrons. The van der Waals surface area contributed by atoms with Crippen molar-refractivity contribution in [3.63, 3.8) is 0 Å². The predicted molar refractivity (Wildman–Crippen MR) is 194 cm³/mol. The summed E-state index contributed by atoms with van der Waals surface area (Å²) < 4.78 is 0. The Bertz CT molecular complexity index is 2050. The van der Waals surface area contributed by atoms with Gasteiger partial charge in [-0.1, -0.05) is 133 Å². The number of benzene rings is 7. The average molecular weight is 589 g/mol. The largest absolute Gasteiger partial charge is 0.265 e. The van der Waals surface area contributed by atoms with Crippen LogP contribution < -0.4 is 0 Å². The van der Waals surface area contributed by atoms with Gasteiger partial charge in [-0.3, -0.25) is 9.98 Å². The SMILES string of the molecule is C=Nc1ccc(C2c3ccccc3C(c3ccc(N=C)cc3)c3c2c(-c2ccccc2)c2ccccc2c3-c2ccccc2)cc1. The second-order valence-electron chi connectivity index (χ2n) is 11.8. The lowest BCUT2D eigenvalue weighted by Crippen LogP contribution is -2.22. The molecule has 2 nitrogen and oxygen atoms in total. The fourth-order valence-corrected chi connectivity index (χ4v) is 7.49. The average Bonchev–Trinajstić information content (AvgIpc) is 3.13. The molecule has 0 saturated carbocycles. The molecule has 0 bridgehead atoms. The van der Waals surface area contributed by atoms with Gasteiger partial charge in [-0.25, -0.2) is 0 Å². The fourth-order valence-electron chi connectivity index (χ4n) is 7.49. The molecular weight excluding hydrogens is 556 g/mol. The predicted octanol–water partition coefficient (Wildman–Crippen LogP) is 11.5. The molecular formula is C44H32N2. The third-order valence-electron chi connectivity index (χ3n) is 9.43. The number of rotatable bonds is 6. The van der Waals surface area contributed by atoms with Crippen LogP contribution in [0, 0.1) is 0 Å². The zero-order valence-electron chi connectivity index (χ0n) is 25.5. The lowest BCUT2D eigenvalue weighted by atomic mass is 9.63. The van der Waals surface area contributed by atoms with Crippen molar-refractivity contribution in [1.29, 1.82) is 0 Å². The van der Waals surface area contributed by atoms with Crippen molar-refractivity contribution < 1.29 is 0 Å². The number of fused-ring (bicyclic) bond motifs is 3. The first kappa shape index (κ1) is 27.7. The highest BCUT2D eigenvalue weighted by Crippen LogP contribution is 2.57. The number of aliphatic imine (C=N–C) groups is 2. The molecule has 7 aromatic rings. The molecule has 2 unspecified atom stereocenters. The van der Waals surface area contributed by atoms with Crippen molar-refractivity contribution in [3.8, 4) is 22.3 Å². The minimum atomic E-state index is -0.00213. The van der Waals surface area contributed by atoms with Crippen LogP contribution in [0.15, 0.2) is 168 Å². The Balaban J connectivity index is 1.60. The first-order chi connectivity index (χ1) is 22.8. The van der Waals surface area contributed by atoms with Gasteiger partial charge in [0.25, 0.3) is 0 Å². The lowest BCUT2D eigenvalue weighted by Gasteiger charge is -2.39. The van der Waals surface area contributed by atoms with Crippen LogP contribution in [-0.2, 0) is 0 Å². The second-order valence-corrected chi connectivity index (χ2v) is 11.8. The third kappa shape index (κ3) is 4.50. The maximum Gasteiger partial charge on any atom is 0.0622 e. The summed E-state index contributed by atoms with van der Waals surface area (Å²) >= 11 is 0. The van der Waals surface area contributed by atoms with Gasteiger partial charge in [-0.2, -0.15) is 0 Å². The van der Waals surface area contributed by atoms with E-state index < -0.39 is 0 Å². The van der Waals surface area contributed by atoms with E-state index in [2.05, 4.69) is 181 Å². The van der Waals surface area contributed by atoms with Gasteiger partial charge >= 0.3 is 0 Å². The summed E-state index contributed by atoms with van der Waals surface area (Å²) in [6, 6.07) is 57.0. The van der Waals surface area contributed by atoms with Crippen LogP contribution in [0.1, 0.15) is 45.2 Å². The van der Waals surface area contributed by atoms with Crippen LogP contribution in [-0.4, -0.2) is 13.4 Å². The van der Waals surface area contributed by atoms with Crippen molar-refractivity contribution in [2.24, 2.45) is 9.98 Å². The smallest absolute Gasteiger partial charge is 0.0622 e. The Morgan fingerprint density at radius 1 is 0.370 bits per heavy atom. The summed E-state index contributed by atoms with van der Waals surface area (Å²) in [5.74, 6) is -0.00425. The monoisotopic (exact) mass is 588 g/mol. The van der Waals surface area contributed by atoms with Crippen LogP contribution in [0.3, 0.4) is 0 Å². The molecule has 1 aliphatic carbocycles. The number of hydrogen-bond acceptors (Lipinski definition) is 2. The van der Waals surface area contributed by atoms with E-state index in [-0.39, 0.29) is 11.8 Å². The van der Waals surface area contributed by atoms with E-state index in [9.17, 15) is 0 Å². The highest BCUT2D eigenvalue weighted by Gasteiger charge is 2.39. The number of nitrogens with zero attached hydrogens (tertiary/aromatic N) is 2. The molecule has 0 heterocycles. The summed E-state index contributed by atoms with van der Waals surface area (Å²) in [7, 11) is 0. The minimum Gasteiger partial charge on any atom is -0.265 e. The van der Waals surface area contributed by atoms with Crippen LogP contribution in [0.2, 0.25) is 0 Å². The molecule has 0 fully saturated rings. The van der Waals surface area contributed by atoms with Crippen LogP contribution >= 0.6 is 0 Å². The van der Waals surface area contributed by atoms with Crippen molar-refractivity contribution in [1.82, 2.24) is 0 Å². The second kappa shape index (κ2) is 11.6. The van der Waals surface area contributed by atoms with Gasteiger partial charge in [0.2, 0.25) is 0 Å². The number of hydrogen-bond donors (Lipinski definition) is 0. The van der Waals surface area contributed by atoms with Crippen molar-refractivity contribution in [2.45, 2.75) is 11.8 Å². The molecule has 1 aliphatic rings. The molecule has 0 N–H and O–H groups in total. The van der Waals surface area contributed by atoms with Gasteiger partial charge in [0.1, 0.15) is 0 Å². The molecule has 2 heteroatoms. The zero-order valence-corrected chi connectivity index (χ0v) is 25.5. The van der Waals surface area contributed by atoms with E-state index in [1.807, 2.05) is 0 Å². The molecule has 0 spiro atoms. The molecule has 2 atom stereocenters. The van der Waals surface area contributed by atoms with E-state index in [1.54, 1.807) is 0 Å². The van der Waals surface area contributed by atoms with E-state index in [0.717, 1.165) is 11.4 Å². The summed E-state index contributed by atoms with van der Waals surface area (Å²) in [4.78, 5) is 8.42. The minimum absolute atomic E-state index is 0.00213. The Morgan fingerprint density at radius 2 is 0.717 bits per heavy atom. The van der Waals surface area contributed by atoms with E-state index in [0.29, 0.717) is 0 Å². The summed E-state index contributed by atoms with van der Waals surface area (Å²) in [6.07, 6.45) is 0. The van der Waals surface area contributed by atoms with Gasteiger partial charge in [-0.05, 0) is 104 Å².